The van der Waals surface area contributed by atoms with E-state index in [0.717, 1.165) is 6.08 Å². The third kappa shape index (κ3) is 2.77. The number of rotatable bonds is 3. The Bertz CT molecular complexity index is 494. The number of carbonyl (C=O) groups is 2. The summed E-state index contributed by atoms with van der Waals surface area (Å²) in [6.07, 6.45) is 2.57. The van der Waals surface area contributed by atoms with Crippen LogP contribution in [0.3, 0.4) is 0 Å². The molecule has 1 aromatic rings. The molecule has 0 bridgehead atoms. The molecule has 18 heavy (non-hydrogen) atoms. The van der Waals surface area contributed by atoms with Crippen LogP contribution in [0.4, 0.5) is 0 Å². The van der Waals surface area contributed by atoms with Crippen molar-refractivity contribution in [3.8, 4) is 0 Å². The number of aliphatic hydroxyl groups excluding tert-OH is 1. The third-order valence-electron chi connectivity index (χ3n) is 2.75. The van der Waals surface area contributed by atoms with Crippen LogP contribution in [-0.2, 0) is 4.79 Å². The van der Waals surface area contributed by atoms with Gasteiger partial charge in [0.05, 0.1) is 11.0 Å². The quantitative estimate of drug-likeness (QED) is 0.802. The molecule has 1 aromatic heterocycles. The molecule has 2 rings (SSSR count). The molecular formula is C12H13NO4S. The maximum Gasteiger partial charge on any atom is 0.328 e. The van der Waals surface area contributed by atoms with Gasteiger partial charge in [-0.05, 0) is 29.5 Å². The maximum atomic E-state index is 12.2. The van der Waals surface area contributed by atoms with E-state index in [1.165, 1.54) is 17.4 Å². The number of β-amino-alcohol motifs (C(OH)–C–C–N with tert-alkyl or cyclic N) is 1. The third-order valence-corrected chi connectivity index (χ3v) is 3.66. The van der Waals surface area contributed by atoms with Crippen LogP contribution in [0.5, 0.6) is 0 Å². The van der Waals surface area contributed by atoms with E-state index in [2.05, 4.69) is 0 Å². The molecule has 0 spiro atoms. The molecule has 2 N–H and O–H groups in total. The molecule has 0 aliphatic carbocycles. The summed E-state index contributed by atoms with van der Waals surface area (Å²) in [6, 6.07) is 1.71. The van der Waals surface area contributed by atoms with Gasteiger partial charge in [-0.2, -0.15) is 0 Å². The molecule has 6 heteroatoms. The highest BCUT2D eigenvalue weighted by Gasteiger charge is 2.27. The summed E-state index contributed by atoms with van der Waals surface area (Å²) in [4.78, 5) is 24.7. The number of aliphatic carboxylic acids is 1. The molecule has 1 unspecified atom stereocenters. The predicted molar refractivity (Wildman–Crippen MR) is 67.5 cm³/mol. The fraction of sp³-hybridized carbons (Fsp3) is 0.333. The maximum absolute atomic E-state index is 12.2. The summed E-state index contributed by atoms with van der Waals surface area (Å²) in [5.74, 6) is -1.19. The second-order valence-corrected chi connectivity index (χ2v) is 4.99. The van der Waals surface area contributed by atoms with Crippen molar-refractivity contribution in [1.29, 1.82) is 0 Å². The minimum absolute atomic E-state index is 0.147. The Balaban J connectivity index is 2.16. The number of amides is 1. The van der Waals surface area contributed by atoms with Crippen LogP contribution in [0.25, 0.3) is 6.08 Å². The van der Waals surface area contributed by atoms with E-state index in [1.54, 1.807) is 16.3 Å². The van der Waals surface area contributed by atoms with Gasteiger partial charge in [0.2, 0.25) is 0 Å². The van der Waals surface area contributed by atoms with Crippen LogP contribution in [-0.4, -0.2) is 46.2 Å². The number of carbonyl (C=O) groups excluding carboxylic acids is 1. The van der Waals surface area contributed by atoms with E-state index in [1.807, 2.05) is 0 Å². The van der Waals surface area contributed by atoms with Crippen LogP contribution in [0.2, 0.25) is 0 Å². The minimum Gasteiger partial charge on any atom is -0.478 e. The van der Waals surface area contributed by atoms with E-state index in [-0.39, 0.29) is 5.91 Å². The lowest BCUT2D eigenvalue weighted by molar-refractivity contribution is -0.131. The Morgan fingerprint density at radius 3 is 2.89 bits per heavy atom. The number of carboxylic acids is 1. The number of nitrogens with zero attached hydrogens (tertiary/aromatic N) is 1. The lowest BCUT2D eigenvalue weighted by atomic mass is 10.2. The molecule has 1 aliphatic rings. The fourth-order valence-corrected chi connectivity index (χ4v) is 2.71. The zero-order valence-corrected chi connectivity index (χ0v) is 10.4. The normalized spacial score (nSPS) is 19.6. The molecule has 2 heterocycles. The van der Waals surface area contributed by atoms with Gasteiger partial charge in [0, 0.05) is 19.2 Å². The highest BCUT2D eigenvalue weighted by atomic mass is 32.1. The summed E-state index contributed by atoms with van der Waals surface area (Å²) in [5, 5.41) is 19.7. The number of aliphatic hydroxyl groups is 1. The van der Waals surface area contributed by atoms with Crippen molar-refractivity contribution in [2.45, 2.75) is 12.5 Å². The topological polar surface area (TPSA) is 77.8 Å². The minimum atomic E-state index is -1.05. The molecule has 0 saturated carbocycles. The lowest BCUT2D eigenvalue weighted by Gasteiger charge is -2.14. The molecule has 1 atom stereocenters. The molecular weight excluding hydrogens is 254 g/mol. The fourth-order valence-electron chi connectivity index (χ4n) is 1.86. The Kier molecular flexibility index (Phi) is 3.78. The van der Waals surface area contributed by atoms with Crippen LogP contribution in [0.1, 0.15) is 21.7 Å². The molecule has 1 aliphatic heterocycles. The van der Waals surface area contributed by atoms with Gasteiger partial charge < -0.3 is 15.1 Å². The van der Waals surface area contributed by atoms with E-state index >= 15 is 0 Å². The number of hydrogen-bond acceptors (Lipinski definition) is 4. The average molecular weight is 267 g/mol. The van der Waals surface area contributed by atoms with Crippen molar-refractivity contribution in [2.24, 2.45) is 0 Å². The van der Waals surface area contributed by atoms with Gasteiger partial charge >= 0.3 is 5.97 Å². The summed E-state index contributed by atoms with van der Waals surface area (Å²) in [6.45, 7) is 0.888. The Labute approximate surface area is 108 Å². The summed E-state index contributed by atoms with van der Waals surface area (Å²) < 4.78 is 0. The molecule has 1 fully saturated rings. The number of carboxylic acid groups (broad SMARTS) is 1. The van der Waals surface area contributed by atoms with Crippen molar-refractivity contribution in [1.82, 2.24) is 4.90 Å². The van der Waals surface area contributed by atoms with Crippen molar-refractivity contribution in [2.75, 3.05) is 13.1 Å². The Morgan fingerprint density at radius 1 is 1.50 bits per heavy atom. The highest BCUT2D eigenvalue weighted by Crippen LogP contribution is 2.22. The van der Waals surface area contributed by atoms with Gasteiger partial charge in [0.1, 0.15) is 0 Å². The van der Waals surface area contributed by atoms with Crippen molar-refractivity contribution in [3.05, 3.63) is 28.0 Å². The van der Waals surface area contributed by atoms with Crippen molar-refractivity contribution in [3.63, 3.8) is 0 Å². The monoisotopic (exact) mass is 267 g/mol. The number of likely N-dealkylation sites (tertiary alicyclic amines) is 1. The Morgan fingerprint density at radius 2 is 2.28 bits per heavy atom. The van der Waals surface area contributed by atoms with Crippen LogP contribution < -0.4 is 0 Å². The standard InChI is InChI=1S/C12H13NO4S/c14-9-3-5-13(7-9)12(17)11-8(4-6-18-11)1-2-10(15)16/h1-2,4,6,9,14H,3,5,7H2,(H,15,16). The van der Waals surface area contributed by atoms with Gasteiger partial charge in [0.15, 0.2) is 0 Å². The first kappa shape index (κ1) is 12.8. The molecule has 5 nitrogen and oxygen atoms in total. The summed E-state index contributed by atoms with van der Waals surface area (Å²) in [5.41, 5.74) is 0.605. The predicted octanol–water partition coefficient (Wildman–Crippen LogP) is 1.05. The largest absolute Gasteiger partial charge is 0.478 e. The van der Waals surface area contributed by atoms with Gasteiger partial charge in [-0.25, -0.2) is 4.79 Å². The smallest absolute Gasteiger partial charge is 0.328 e. The number of hydrogen-bond donors (Lipinski definition) is 2. The first-order valence-corrected chi connectivity index (χ1v) is 6.41. The van der Waals surface area contributed by atoms with Crippen molar-refractivity contribution >= 4 is 29.3 Å². The van der Waals surface area contributed by atoms with Gasteiger partial charge in [-0.15, -0.1) is 11.3 Å². The molecule has 96 valence electrons. The second-order valence-electron chi connectivity index (χ2n) is 4.07. The lowest BCUT2D eigenvalue weighted by Crippen LogP contribution is -2.29. The SMILES string of the molecule is O=C(O)C=Cc1ccsc1C(=O)N1CCC(O)C1. The number of thiophene rings is 1. The second kappa shape index (κ2) is 5.32. The molecule has 1 amide bonds. The summed E-state index contributed by atoms with van der Waals surface area (Å²) >= 11 is 1.28. The first-order valence-electron chi connectivity index (χ1n) is 5.54. The van der Waals surface area contributed by atoms with E-state index in [4.69, 9.17) is 5.11 Å². The van der Waals surface area contributed by atoms with Crippen LogP contribution in [0, 0.1) is 0 Å². The van der Waals surface area contributed by atoms with Gasteiger partial charge in [-0.3, -0.25) is 4.79 Å². The highest BCUT2D eigenvalue weighted by molar-refractivity contribution is 7.12. The van der Waals surface area contributed by atoms with E-state index < -0.39 is 12.1 Å². The Hall–Kier alpha value is -1.66. The first-order chi connectivity index (χ1) is 8.58. The van der Waals surface area contributed by atoms with Crippen LogP contribution >= 0.6 is 11.3 Å². The average Bonchev–Trinajstić information content (AvgIpc) is 2.93. The molecule has 0 aromatic carbocycles. The zero-order chi connectivity index (χ0) is 13.1. The zero-order valence-electron chi connectivity index (χ0n) is 9.57. The van der Waals surface area contributed by atoms with Gasteiger partial charge in [0.25, 0.3) is 5.91 Å². The van der Waals surface area contributed by atoms with E-state index in [0.29, 0.717) is 30.0 Å². The van der Waals surface area contributed by atoms with Crippen molar-refractivity contribution < 1.29 is 19.8 Å². The van der Waals surface area contributed by atoms with Gasteiger partial charge in [-0.1, -0.05) is 0 Å². The van der Waals surface area contributed by atoms with E-state index in [9.17, 15) is 14.7 Å². The molecule has 0 radical (unpaired) electrons. The summed E-state index contributed by atoms with van der Waals surface area (Å²) in [7, 11) is 0. The van der Waals surface area contributed by atoms with Crippen LogP contribution in [0.15, 0.2) is 17.5 Å². The molecule has 1 saturated heterocycles.